The fraction of sp³-hybridized carbons (Fsp3) is 0.788. The lowest BCUT2D eigenvalue weighted by Crippen LogP contribution is -2.62. The molecule has 0 unspecified atom stereocenters. The van der Waals surface area contributed by atoms with Crippen molar-refractivity contribution >= 4 is 15.8 Å². The zero-order chi connectivity index (χ0) is 29.7. The quantitative estimate of drug-likeness (QED) is 0.371. The summed E-state index contributed by atoms with van der Waals surface area (Å²) in [4.78, 5) is 11.9. The Balaban J connectivity index is 1.22. The average molecular weight is 593 g/mol. The Kier molecular flexibility index (Phi) is 8.70. The summed E-state index contributed by atoms with van der Waals surface area (Å²) in [6.07, 6.45) is 8.17. The van der Waals surface area contributed by atoms with Crippen molar-refractivity contribution in [2.24, 2.45) is 52.3 Å². The Morgan fingerprint density at radius 1 is 1.05 bits per heavy atom. The van der Waals surface area contributed by atoms with E-state index in [-0.39, 0.29) is 47.4 Å². The van der Waals surface area contributed by atoms with Gasteiger partial charge in [0, 0.05) is 0 Å². The van der Waals surface area contributed by atoms with Gasteiger partial charge in [0.05, 0.1) is 18.8 Å². The third-order valence-electron chi connectivity index (χ3n) is 12.5. The first-order valence-corrected chi connectivity index (χ1v) is 17.5. The Labute approximate surface area is 245 Å². The molecule has 0 heterocycles. The van der Waals surface area contributed by atoms with Crippen molar-refractivity contribution in [2.75, 3.05) is 12.4 Å². The molecule has 0 saturated heterocycles. The fourth-order valence-corrected chi connectivity index (χ4v) is 11.7. The van der Waals surface area contributed by atoms with Gasteiger partial charge in [0.25, 0.3) is 0 Å². The molecule has 4 saturated carbocycles. The minimum Gasteiger partial charge on any atom is -0.465 e. The number of hydrogen-bond acceptors (Lipinski definition) is 6. The normalized spacial score (nSPS) is 41.1. The van der Waals surface area contributed by atoms with Crippen LogP contribution in [-0.4, -0.2) is 49.2 Å². The first kappa shape index (κ1) is 30.9. The third kappa shape index (κ3) is 5.39. The highest BCUT2D eigenvalue weighted by Gasteiger charge is 2.64. The summed E-state index contributed by atoms with van der Waals surface area (Å²) < 4.78 is 44.3. The van der Waals surface area contributed by atoms with Crippen molar-refractivity contribution in [3.05, 3.63) is 30.1 Å². The van der Waals surface area contributed by atoms with Crippen LogP contribution in [0.4, 0.5) is 4.39 Å². The van der Waals surface area contributed by atoms with E-state index in [1.807, 2.05) is 0 Å². The van der Waals surface area contributed by atoms with E-state index in [1.165, 1.54) is 12.1 Å². The SMILES string of the molecule is CC[C@H]1[C@@H](O)[C@@H]2[C@H](CC[C@]3(C)[C@@H]([C@H](C)CCOC(=O)CS(=O)(=O)c4ccccc4F)CC[C@@H]23)[C@@]2(C)CC[C@@H](O)C[C@@H]12. The summed E-state index contributed by atoms with van der Waals surface area (Å²) >= 11 is 0. The van der Waals surface area contributed by atoms with Crippen molar-refractivity contribution in [1.29, 1.82) is 0 Å². The number of aliphatic hydroxyl groups excluding tert-OH is 2. The van der Waals surface area contributed by atoms with Crippen LogP contribution in [0, 0.1) is 58.1 Å². The number of fused-ring (bicyclic) bond motifs is 5. The van der Waals surface area contributed by atoms with Crippen molar-refractivity contribution in [2.45, 2.75) is 103 Å². The van der Waals surface area contributed by atoms with Crippen LogP contribution in [0.2, 0.25) is 0 Å². The zero-order valence-corrected chi connectivity index (χ0v) is 25.9. The maximum atomic E-state index is 14.0. The molecular weight excluding hydrogens is 543 g/mol. The van der Waals surface area contributed by atoms with Gasteiger partial charge in [-0.25, -0.2) is 12.8 Å². The molecule has 2 N–H and O–H groups in total. The molecule has 41 heavy (non-hydrogen) atoms. The van der Waals surface area contributed by atoms with Gasteiger partial charge in [-0.3, -0.25) is 4.79 Å². The standard InChI is InChI=1S/C33H49FO6S/c1-5-22-26-18-21(35)12-15-33(26,4)25-13-16-32(3)23(10-11-24(32)30(25)31(22)37)20(2)14-17-40-29(36)19-41(38,39)28-9-7-6-8-27(28)34/h6-9,20-26,30-31,35,37H,5,10-19H2,1-4H3/t20-,21-,22-,23-,24+,25+,26+,30+,31-,32-,33-/m1/s1. The smallest absolute Gasteiger partial charge is 0.321 e. The molecule has 11 atom stereocenters. The average Bonchev–Trinajstić information content (AvgIpc) is 3.27. The predicted octanol–water partition coefficient (Wildman–Crippen LogP) is 5.80. The molecule has 230 valence electrons. The van der Waals surface area contributed by atoms with Gasteiger partial charge in [0.2, 0.25) is 0 Å². The molecular formula is C33H49FO6S. The van der Waals surface area contributed by atoms with Crippen LogP contribution in [0.5, 0.6) is 0 Å². The number of aliphatic hydroxyl groups is 2. The lowest BCUT2D eigenvalue weighted by Gasteiger charge is -2.64. The van der Waals surface area contributed by atoms with Gasteiger partial charge in [-0.2, -0.15) is 0 Å². The molecule has 0 aliphatic heterocycles. The molecule has 8 heteroatoms. The van der Waals surface area contributed by atoms with Gasteiger partial charge < -0.3 is 14.9 Å². The molecule has 0 amide bonds. The van der Waals surface area contributed by atoms with Gasteiger partial charge in [-0.05, 0) is 116 Å². The van der Waals surface area contributed by atoms with Crippen LogP contribution in [-0.2, 0) is 19.4 Å². The minimum atomic E-state index is -4.11. The van der Waals surface area contributed by atoms with Crippen molar-refractivity contribution in [1.82, 2.24) is 0 Å². The largest absolute Gasteiger partial charge is 0.465 e. The van der Waals surface area contributed by atoms with E-state index in [9.17, 15) is 27.8 Å². The third-order valence-corrected chi connectivity index (χ3v) is 14.1. The molecule has 4 fully saturated rings. The van der Waals surface area contributed by atoms with Crippen molar-refractivity contribution in [3.63, 3.8) is 0 Å². The number of esters is 1. The molecule has 0 radical (unpaired) electrons. The highest BCUT2D eigenvalue weighted by atomic mass is 32.2. The zero-order valence-electron chi connectivity index (χ0n) is 25.1. The highest BCUT2D eigenvalue weighted by Crippen LogP contribution is 2.69. The van der Waals surface area contributed by atoms with Crippen LogP contribution in [0.15, 0.2) is 29.2 Å². The highest BCUT2D eigenvalue weighted by molar-refractivity contribution is 7.92. The maximum absolute atomic E-state index is 14.0. The number of rotatable bonds is 8. The van der Waals surface area contributed by atoms with Crippen LogP contribution in [0.25, 0.3) is 0 Å². The Hall–Kier alpha value is -1.51. The second kappa shape index (κ2) is 11.5. The lowest BCUT2D eigenvalue weighted by molar-refractivity contribution is -0.203. The second-order valence-electron chi connectivity index (χ2n) is 14.3. The van der Waals surface area contributed by atoms with E-state index < -0.39 is 32.3 Å². The second-order valence-corrected chi connectivity index (χ2v) is 16.3. The Morgan fingerprint density at radius 3 is 2.44 bits per heavy atom. The van der Waals surface area contributed by atoms with E-state index >= 15 is 0 Å². The molecule has 4 aliphatic carbocycles. The van der Waals surface area contributed by atoms with Crippen LogP contribution >= 0.6 is 0 Å². The summed E-state index contributed by atoms with van der Waals surface area (Å²) in [6.45, 7) is 9.41. The molecule has 1 aromatic carbocycles. The minimum absolute atomic E-state index is 0.107. The number of hydrogen-bond donors (Lipinski definition) is 2. The topological polar surface area (TPSA) is 101 Å². The van der Waals surface area contributed by atoms with E-state index in [4.69, 9.17) is 4.74 Å². The monoisotopic (exact) mass is 592 g/mol. The lowest BCUT2D eigenvalue weighted by atomic mass is 9.41. The van der Waals surface area contributed by atoms with E-state index in [0.29, 0.717) is 30.1 Å². The van der Waals surface area contributed by atoms with E-state index in [2.05, 4.69) is 27.7 Å². The van der Waals surface area contributed by atoms with Crippen LogP contribution in [0.3, 0.4) is 0 Å². The number of carbonyl (C=O) groups excluding carboxylic acids is 1. The van der Waals surface area contributed by atoms with Gasteiger partial charge in [-0.15, -0.1) is 0 Å². The van der Waals surface area contributed by atoms with Gasteiger partial charge in [-0.1, -0.05) is 46.2 Å². The number of sulfone groups is 1. The van der Waals surface area contributed by atoms with Crippen molar-refractivity contribution in [3.8, 4) is 0 Å². The summed E-state index contributed by atoms with van der Waals surface area (Å²) in [7, 11) is -4.11. The van der Waals surface area contributed by atoms with Gasteiger partial charge in [0.1, 0.15) is 10.7 Å². The molecule has 0 bridgehead atoms. The number of halogens is 1. The fourth-order valence-electron chi connectivity index (χ4n) is 10.5. The molecule has 0 spiro atoms. The van der Waals surface area contributed by atoms with Crippen LogP contribution < -0.4 is 0 Å². The molecule has 6 nitrogen and oxygen atoms in total. The Morgan fingerprint density at radius 2 is 1.73 bits per heavy atom. The first-order chi connectivity index (χ1) is 19.3. The van der Waals surface area contributed by atoms with E-state index in [1.54, 1.807) is 0 Å². The predicted molar refractivity (Wildman–Crippen MR) is 155 cm³/mol. The summed E-state index contributed by atoms with van der Waals surface area (Å²) in [5.74, 6) is -0.0260. The van der Waals surface area contributed by atoms with E-state index in [0.717, 1.165) is 63.5 Å². The molecule has 1 aromatic rings. The van der Waals surface area contributed by atoms with Crippen molar-refractivity contribution < 1.29 is 32.6 Å². The summed E-state index contributed by atoms with van der Waals surface area (Å²) in [5, 5.41) is 22.4. The number of carbonyl (C=O) groups is 1. The first-order valence-electron chi connectivity index (χ1n) is 15.8. The molecule has 5 rings (SSSR count). The molecule has 4 aliphatic rings. The Bertz CT molecular complexity index is 1220. The maximum Gasteiger partial charge on any atom is 0.321 e. The summed E-state index contributed by atoms with van der Waals surface area (Å²) in [5.41, 5.74) is 0.279. The number of benzene rings is 1. The van der Waals surface area contributed by atoms with Crippen LogP contribution in [0.1, 0.15) is 85.5 Å². The molecule has 0 aromatic heterocycles. The van der Waals surface area contributed by atoms with Gasteiger partial charge in [0.15, 0.2) is 15.6 Å². The number of ether oxygens (including phenoxy) is 1. The summed E-state index contributed by atoms with van der Waals surface area (Å²) in [6, 6.07) is 5.06. The van der Waals surface area contributed by atoms with Gasteiger partial charge >= 0.3 is 5.97 Å².